The van der Waals surface area contributed by atoms with Gasteiger partial charge < -0.3 is 10.8 Å². The van der Waals surface area contributed by atoms with Crippen LogP contribution in [-0.4, -0.2) is 31.7 Å². The largest absolute Gasteiger partial charge is 0.417 e. The number of halogens is 3. The molecule has 162 valence electrons. The SMILES string of the molecule is CC(C)CCn1cc(-c2ccc(-c3nnc([C@@](C)(N)CO)s3)cc2C(F)(F)F)cn1. The molecular weight excluding hydrogens is 415 g/mol. The molecule has 0 aliphatic heterocycles. The Morgan fingerprint density at radius 2 is 1.93 bits per heavy atom. The number of hydrogen-bond acceptors (Lipinski definition) is 6. The molecule has 0 aliphatic carbocycles. The molecule has 2 aromatic heterocycles. The number of aryl methyl sites for hydroxylation is 1. The zero-order valence-electron chi connectivity index (χ0n) is 16.9. The minimum Gasteiger partial charge on any atom is -0.394 e. The molecule has 3 N–H and O–H groups in total. The van der Waals surface area contributed by atoms with Gasteiger partial charge in [-0.05, 0) is 30.9 Å². The third kappa shape index (κ3) is 4.88. The van der Waals surface area contributed by atoms with E-state index in [-0.39, 0.29) is 17.7 Å². The Hall–Kier alpha value is -2.30. The predicted molar refractivity (Wildman–Crippen MR) is 110 cm³/mol. The molecule has 0 radical (unpaired) electrons. The standard InChI is InChI=1S/C20H24F3N5OS/c1-12(2)6-7-28-10-14(9-25-28)15-5-4-13(8-16(15)20(21,22)23)17-26-27-18(30-17)19(3,24)11-29/h4-5,8-10,12,29H,6-7,11,24H2,1-3H3/t19-/m0/s1. The fraction of sp³-hybridized carbons (Fsp3) is 0.450. The summed E-state index contributed by atoms with van der Waals surface area (Å²) in [6, 6.07) is 4.07. The number of hydrogen-bond donors (Lipinski definition) is 2. The van der Waals surface area contributed by atoms with Gasteiger partial charge in [-0.15, -0.1) is 10.2 Å². The van der Waals surface area contributed by atoms with Crippen molar-refractivity contribution in [2.24, 2.45) is 11.7 Å². The van der Waals surface area contributed by atoms with Crippen molar-refractivity contribution in [1.82, 2.24) is 20.0 Å². The topological polar surface area (TPSA) is 89.9 Å². The number of aliphatic hydroxyl groups is 1. The van der Waals surface area contributed by atoms with Crippen LogP contribution in [0.2, 0.25) is 0 Å². The van der Waals surface area contributed by atoms with E-state index in [4.69, 9.17) is 5.73 Å². The molecule has 0 bridgehead atoms. The fourth-order valence-electron chi connectivity index (χ4n) is 2.82. The molecule has 1 aromatic carbocycles. The van der Waals surface area contributed by atoms with Crippen molar-refractivity contribution in [2.45, 2.75) is 45.5 Å². The lowest BCUT2D eigenvalue weighted by Crippen LogP contribution is -2.36. The van der Waals surface area contributed by atoms with Gasteiger partial charge in [0.25, 0.3) is 0 Å². The van der Waals surface area contributed by atoms with Crippen LogP contribution in [0.5, 0.6) is 0 Å². The van der Waals surface area contributed by atoms with E-state index in [1.807, 2.05) is 0 Å². The lowest BCUT2D eigenvalue weighted by Gasteiger charge is -2.16. The van der Waals surface area contributed by atoms with Crippen LogP contribution in [0.15, 0.2) is 30.6 Å². The van der Waals surface area contributed by atoms with Crippen LogP contribution in [0, 0.1) is 5.92 Å². The van der Waals surface area contributed by atoms with E-state index < -0.39 is 17.3 Å². The van der Waals surface area contributed by atoms with E-state index in [1.165, 1.54) is 12.3 Å². The third-order valence-corrected chi connectivity index (χ3v) is 5.95. The highest BCUT2D eigenvalue weighted by Gasteiger charge is 2.35. The van der Waals surface area contributed by atoms with Crippen LogP contribution in [0.3, 0.4) is 0 Å². The molecule has 0 fully saturated rings. The smallest absolute Gasteiger partial charge is 0.394 e. The van der Waals surface area contributed by atoms with Gasteiger partial charge in [0.05, 0.1) is 23.9 Å². The quantitative estimate of drug-likeness (QED) is 0.573. The summed E-state index contributed by atoms with van der Waals surface area (Å²) < 4.78 is 43.1. The predicted octanol–water partition coefficient (Wildman–Crippen LogP) is 4.30. The molecule has 0 amide bonds. The van der Waals surface area contributed by atoms with Gasteiger partial charge in [0.2, 0.25) is 0 Å². The van der Waals surface area contributed by atoms with E-state index >= 15 is 0 Å². The highest BCUT2D eigenvalue weighted by molar-refractivity contribution is 7.14. The highest BCUT2D eigenvalue weighted by Crippen LogP contribution is 2.40. The maximum absolute atomic E-state index is 13.8. The molecule has 6 nitrogen and oxygen atoms in total. The highest BCUT2D eigenvalue weighted by atomic mass is 32.1. The van der Waals surface area contributed by atoms with Gasteiger partial charge in [0.15, 0.2) is 0 Å². The van der Waals surface area contributed by atoms with Crippen LogP contribution in [0.1, 0.15) is 37.8 Å². The summed E-state index contributed by atoms with van der Waals surface area (Å²) in [6.45, 7) is 6.04. The summed E-state index contributed by atoms with van der Waals surface area (Å²) in [5, 5.41) is 22.1. The number of aromatic nitrogens is 4. The lowest BCUT2D eigenvalue weighted by molar-refractivity contribution is -0.137. The molecule has 0 unspecified atom stereocenters. The molecule has 10 heteroatoms. The number of alkyl halides is 3. The average Bonchev–Trinajstić information content (AvgIpc) is 3.35. The minimum absolute atomic E-state index is 0.0609. The second-order valence-corrected chi connectivity index (χ2v) is 8.90. The number of aliphatic hydroxyl groups excluding tert-OH is 1. The number of nitrogens with zero attached hydrogens (tertiary/aromatic N) is 4. The Morgan fingerprint density at radius 3 is 2.57 bits per heavy atom. The van der Waals surface area contributed by atoms with Gasteiger partial charge in [-0.3, -0.25) is 4.68 Å². The first-order chi connectivity index (χ1) is 14.0. The first-order valence-electron chi connectivity index (χ1n) is 9.49. The van der Waals surface area contributed by atoms with Gasteiger partial charge >= 0.3 is 6.18 Å². The number of nitrogens with two attached hydrogens (primary N) is 1. The van der Waals surface area contributed by atoms with Crippen molar-refractivity contribution in [3.63, 3.8) is 0 Å². The van der Waals surface area contributed by atoms with Gasteiger partial charge in [-0.1, -0.05) is 37.3 Å². The van der Waals surface area contributed by atoms with E-state index in [9.17, 15) is 18.3 Å². The molecule has 0 spiro atoms. The molecule has 2 heterocycles. The summed E-state index contributed by atoms with van der Waals surface area (Å²) in [6.07, 6.45) is -0.572. The maximum atomic E-state index is 13.8. The normalized spacial score (nSPS) is 14.3. The maximum Gasteiger partial charge on any atom is 0.417 e. The van der Waals surface area contributed by atoms with Gasteiger partial charge in [0, 0.05) is 23.9 Å². The molecule has 0 aliphatic rings. The molecule has 0 saturated heterocycles. The monoisotopic (exact) mass is 439 g/mol. The van der Waals surface area contributed by atoms with Crippen LogP contribution in [0.4, 0.5) is 13.2 Å². The molecule has 3 rings (SSSR count). The fourth-order valence-corrected chi connectivity index (χ4v) is 3.71. The van der Waals surface area contributed by atoms with E-state index in [2.05, 4.69) is 29.1 Å². The van der Waals surface area contributed by atoms with E-state index in [0.717, 1.165) is 23.8 Å². The lowest BCUT2D eigenvalue weighted by atomic mass is 9.99. The van der Waals surface area contributed by atoms with Gasteiger partial charge in [-0.25, -0.2) is 0 Å². The van der Waals surface area contributed by atoms with E-state index in [1.54, 1.807) is 23.9 Å². The molecule has 30 heavy (non-hydrogen) atoms. The Kier molecular flexibility index (Phi) is 6.30. The minimum atomic E-state index is -4.55. The molecule has 1 atom stereocenters. The summed E-state index contributed by atoms with van der Waals surface area (Å²) >= 11 is 1.06. The van der Waals surface area contributed by atoms with Crippen molar-refractivity contribution in [1.29, 1.82) is 0 Å². The van der Waals surface area contributed by atoms with Crippen molar-refractivity contribution >= 4 is 11.3 Å². The first-order valence-corrected chi connectivity index (χ1v) is 10.3. The third-order valence-electron chi connectivity index (χ3n) is 4.69. The summed E-state index contributed by atoms with van der Waals surface area (Å²) in [5.74, 6) is 0.473. The van der Waals surface area contributed by atoms with Crippen LogP contribution in [-0.2, 0) is 18.3 Å². The first kappa shape index (κ1) is 22.4. The van der Waals surface area contributed by atoms with Crippen LogP contribution < -0.4 is 5.73 Å². The molecular formula is C20H24F3N5OS. The van der Waals surface area contributed by atoms with E-state index in [0.29, 0.717) is 28.0 Å². The Balaban J connectivity index is 1.98. The molecule has 0 saturated carbocycles. The zero-order chi connectivity index (χ0) is 22.1. The van der Waals surface area contributed by atoms with Gasteiger partial charge in [0.1, 0.15) is 10.0 Å². The summed E-state index contributed by atoms with van der Waals surface area (Å²) in [5.41, 5.74) is 4.83. The number of rotatable bonds is 7. The average molecular weight is 440 g/mol. The summed E-state index contributed by atoms with van der Waals surface area (Å²) in [7, 11) is 0. The molecule has 3 aromatic rings. The van der Waals surface area contributed by atoms with Crippen molar-refractivity contribution in [2.75, 3.05) is 6.61 Å². The van der Waals surface area contributed by atoms with Crippen LogP contribution in [0.25, 0.3) is 21.7 Å². The zero-order valence-corrected chi connectivity index (χ0v) is 17.8. The second-order valence-electron chi connectivity index (χ2n) is 7.92. The van der Waals surface area contributed by atoms with Crippen molar-refractivity contribution < 1.29 is 18.3 Å². The Bertz CT molecular complexity index is 1010. The summed E-state index contributed by atoms with van der Waals surface area (Å²) in [4.78, 5) is 0. The van der Waals surface area contributed by atoms with Crippen molar-refractivity contribution in [3.8, 4) is 21.7 Å². The second kappa shape index (κ2) is 8.44. The van der Waals surface area contributed by atoms with Crippen molar-refractivity contribution in [3.05, 3.63) is 41.2 Å². The van der Waals surface area contributed by atoms with Crippen LogP contribution >= 0.6 is 11.3 Å². The Labute approximate surface area is 176 Å². The van der Waals surface area contributed by atoms with Gasteiger partial charge in [-0.2, -0.15) is 18.3 Å². The number of benzene rings is 1. The Morgan fingerprint density at radius 1 is 1.20 bits per heavy atom.